The van der Waals surface area contributed by atoms with E-state index >= 15 is 0 Å². The summed E-state index contributed by atoms with van der Waals surface area (Å²) in [4.78, 5) is 20.8. The van der Waals surface area contributed by atoms with Crippen molar-refractivity contribution in [1.29, 1.82) is 0 Å². The lowest BCUT2D eigenvalue weighted by Gasteiger charge is -2.22. The summed E-state index contributed by atoms with van der Waals surface area (Å²) < 4.78 is 0. The Hall–Kier alpha value is -2.43. The van der Waals surface area contributed by atoms with Crippen LogP contribution in [0.5, 0.6) is 0 Å². The summed E-state index contributed by atoms with van der Waals surface area (Å²) >= 11 is 0. The third kappa shape index (κ3) is 2.54. The Kier molecular flexibility index (Phi) is 3.46. The van der Waals surface area contributed by atoms with E-state index in [0.29, 0.717) is 5.82 Å². The number of aryl methyl sites for hydroxylation is 2. The molecule has 0 aliphatic rings. The topological polar surface area (TPSA) is 66.3 Å². The zero-order valence-corrected chi connectivity index (χ0v) is 11.1. The molecule has 0 amide bonds. The van der Waals surface area contributed by atoms with Crippen LogP contribution in [0.25, 0.3) is 0 Å². The van der Waals surface area contributed by atoms with Crippen LogP contribution >= 0.6 is 0 Å². The van der Waals surface area contributed by atoms with Gasteiger partial charge in [0.1, 0.15) is 11.9 Å². The third-order valence-corrected chi connectivity index (χ3v) is 2.97. The number of carboxylic acids is 1. The fourth-order valence-corrected chi connectivity index (χ4v) is 1.94. The van der Waals surface area contributed by atoms with Crippen molar-refractivity contribution < 1.29 is 9.90 Å². The summed E-state index contributed by atoms with van der Waals surface area (Å²) in [5, 5.41) is 9.18. The quantitative estimate of drug-likeness (QED) is 0.915. The zero-order chi connectivity index (χ0) is 14.0. The second-order valence-corrected chi connectivity index (χ2v) is 4.41. The highest BCUT2D eigenvalue weighted by molar-refractivity contribution is 5.94. The van der Waals surface area contributed by atoms with Gasteiger partial charge in [0, 0.05) is 18.9 Å². The molecule has 19 heavy (non-hydrogen) atoms. The maximum Gasteiger partial charge on any atom is 0.341 e. The lowest BCUT2D eigenvalue weighted by atomic mass is 10.1. The predicted molar refractivity (Wildman–Crippen MR) is 73.0 cm³/mol. The van der Waals surface area contributed by atoms with E-state index in [1.807, 2.05) is 32.0 Å². The molecule has 0 unspecified atom stereocenters. The smallest absolute Gasteiger partial charge is 0.341 e. The number of anilines is 2. The minimum absolute atomic E-state index is 0.0888. The van der Waals surface area contributed by atoms with Crippen molar-refractivity contribution in [3.63, 3.8) is 0 Å². The van der Waals surface area contributed by atoms with Gasteiger partial charge in [-0.3, -0.25) is 0 Å². The third-order valence-electron chi connectivity index (χ3n) is 2.97. The van der Waals surface area contributed by atoms with Gasteiger partial charge in [-0.25, -0.2) is 14.8 Å². The molecule has 1 aromatic heterocycles. The van der Waals surface area contributed by atoms with Crippen molar-refractivity contribution in [2.24, 2.45) is 0 Å². The molecule has 0 aliphatic carbocycles. The van der Waals surface area contributed by atoms with E-state index in [1.165, 1.54) is 12.5 Å². The Morgan fingerprint density at radius 1 is 1.32 bits per heavy atom. The minimum atomic E-state index is -1.03. The van der Waals surface area contributed by atoms with E-state index in [1.54, 1.807) is 11.9 Å². The lowest BCUT2D eigenvalue weighted by Crippen LogP contribution is -2.17. The van der Waals surface area contributed by atoms with E-state index in [0.717, 1.165) is 16.8 Å². The molecule has 5 nitrogen and oxygen atoms in total. The number of hydrogen-bond donors (Lipinski definition) is 1. The van der Waals surface area contributed by atoms with Crippen molar-refractivity contribution in [1.82, 2.24) is 9.97 Å². The van der Waals surface area contributed by atoms with Crippen LogP contribution in [-0.4, -0.2) is 28.1 Å². The van der Waals surface area contributed by atoms with Crippen molar-refractivity contribution in [2.45, 2.75) is 13.8 Å². The zero-order valence-electron chi connectivity index (χ0n) is 11.1. The Labute approximate surface area is 111 Å². The van der Waals surface area contributed by atoms with Gasteiger partial charge in [-0.15, -0.1) is 0 Å². The summed E-state index contributed by atoms with van der Waals surface area (Å²) in [5.41, 5.74) is 3.19. The van der Waals surface area contributed by atoms with Gasteiger partial charge in [0.05, 0.1) is 0 Å². The first kappa shape index (κ1) is 13.0. The molecule has 0 saturated heterocycles. The van der Waals surface area contributed by atoms with Crippen molar-refractivity contribution >= 4 is 17.5 Å². The summed E-state index contributed by atoms with van der Waals surface area (Å²) in [6, 6.07) is 6.02. The molecule has 0 saturated carbocycles. The molecule has 0 spiro atoms. The molecule has 1 N–H and O–H groups in total. The Bertz CT molecular complexity index is 626. The van der Waals surface area contributed by atoms with Crippen molar-refractivity contribution in [2.75, 3.05) is 11.9 Å². The van der Waals surface area contributed by atoms with Gasteiger partial charge in [-0.1, -0.05) is 12.1 Å². The van der Waals surface area contributed by atoms with Gasteiger partial charge in [-0.2, -0.15) is 0 Å². The van der Waals surface area contributed by atoms with Gasteiger partial charge < -0.3 is 10.0 Å². The first-order chi connectivity index (χ1) is 9.00. The van der Waals surface area contributed by atoms with E-state index in [2.05, 4.69) is 9.97 Å². The second-order valence-electron chi connectivity index (χ2n) is 4.41. The fourth-order valence-electron chi connectivity index (χ4n) is 1.94. The molecule has 0 aliphatic heterocycles. The SMILES string of the molecule is Cc1ccc(C)c(N(C)c2ncncc2C(=O)O)c1. The predicted octanol–water partition coefficient (Wildman–Crippen LogP) is 2.56. The first-order valence-corrected chi connectivity index (χ1v) is 5.85. The lowest BCUT2D eigenvalue weighted by molar-refractivity contribution is 0.0697. The van der Waals surface area contributed by atoms with Gasteiger partial charge in [0.2, 0.25) is 0 Å². The molecule has 0 atom stereocenters. The Balaban J connectivity index is 2.53. The van der Waals surface area contributed by atoms with Gasteiger partial charge in [-0.05, 0) is 31.0 Å². The number of aromatic carboxylic acids is 1. The molecule has 0 radical (unpaired) electrons. The molecule has 0 bridgehead atoms. The minimum Gasteiger partial charge on any atom is -0.477 e. The Morgan fingerprint density at radius 3 is 2.74 bits per heavy atom. The average molecular weight is 257 g/mol. The van der Waals surface area contributed by atoms with Gasteiger partial charge in [0.15, 0.2) is 5.82 Å². The van der Waals surface area contributed by atoms with Crippen LogP contribution in [-0.2, 0) is 0 Å². The molecule has 1 aromatic carbocycles. The largest absolute Gasteiger partial charge is 0.477 e. The van der Waals surface area contributed by atoms with E-state index in [9.17, 15) is 9.90 Å². The number of carboxylic acid groups (broad SMARTS) is 1. The summed E-state index contributed by atoms with van der Waals surface area (Å²) in [7, 11) is 1.80. The summed E-state index contributed by atoms with van der Waals surface area (Å²) in [5.74, 6) is -0.649. The molecule has 2 aromatic rings. The van der Waals surface area contributed by atoms with E-state index < -0.39 is 5.97 Å². The molecule has 0 fully saturated rings. The van der Waals surface area contributed by atoms with E-state index in [4.69, 9.17) is 0 Å². The number of benzene rings is 1. The number of rotatable bonds is 3. The molecule has 98 valence electrons. The maximum absolute atomic E-state index is 11.2. The maximum atomic E-state index is 11.2. The highest BCUT2D eigenvalue weighted by Crippen LogP contribution is 2.28. The number of nitrogens with zero attached hydrogens (tertiary/aromatic N) is 3. The van der Waals surface area contributed by atoms with Crippen molar-refractivity contribution in [3.8, 4) is 0 Å². The van der Waals surface area contributed by atoms with Crippen LogP contribution in [0.1, 0.15) is 21.5 Å². The van der Waals surface area contributed by atoms with Crippen LogP contribution in [0.2, 0.25) is 0 Å². The average Bonchev–Trinajstić information content (AvgIpc) is 2.40. The molecule has 5 heteroatoms. The highest BCUT2D eigenvalue weighted by atomic mass is 16.4. The first-order valence-electron chi connectivity index (χ1n) is 5.85. The number of aromatic nitrogens is 2. The number of hydrogen-bond acceptors (Lipinski definition) is 4. The van der Waals surface area contributed by atoms with Crippen LogP contribution in [0, 0.1) is 13.8 Å². The van der Waals surface area contributed by atoms with Gasteiger partial charge in [0.25, 0.3) is 0 Å². The fraction of sp³-hybridized carbons (Fsp3) is 0.214. The second kappa shape index (κ2) is 5.06. The normalized spacial score (nSPS) is 10.3. The van der Waals surface area contributed by atoms with Crippen LogP contribution in [0.15, 0.2) is 30.7 Å². The van der Waals surface area contributed by atoms with Crippen LogP contribution in [0.3, 0.4) is 0 Å². The standard InChI is InChI=1S/C14H15N3O2/c1-9-4-5-10(2)12(6-9)17(3)13-11(14(18)19)7-15-8-16-13/h4-8H,1-3H3,(H,18,19). The van der Waals surface area contributed by atoms with E-state index in [-0.39, 0.29) is 5.56 Å². The monoisotopic (exact) mass is 257 g/mol. The molecular weight excluding hydrogens is 242 g/mol. The number of carbonyl (C=O) groups is 1. The molecule has 1 heterocycles. The molecule has 2 rings (SSSR count). The van der Waals surface area contributed by atoms with Crippen LogP contribution in [0.4, 0.5) is 11.5 Å². The van der Waals surface area contributed by atoms with Crippen LogP contribution < -0.4 is 4.90 Å². The van der Waals surface area contributed by atoms with Gasteiger partial charge >= 0.3 is 5.97 Å². The summed E-state index contributed by atoms with van der Waals surface area (Å²) in [6.07, 6.45) is 2.66. The Morgan fingerprint density at radius 2 is 2.05 bits per heavy atom. The summed E-state index contributed by atoms with van der Waals surface area (Å²) in [6.45, 7) is 3.97. The highest BCUT2D eigenvalue weighted by Gasteiger charge is 2.17. The molecular formula is C14H15N3O2. The van der Waals surface area contributed by atoms with Crippen molar-refractivity contribution in [3.05, 3.63) is 47.4 Å².